The van der Waals surface area contributed by atoms with Crippen LogP contribution in [0.4, 0.5) is 5.69 Å². The van der Waals surface area contributed by atoms with Crippen LogP contribution in [0.25, 0.3) is 43.5 Å². The molecule has 1 saturated carbocycles. The molecule has 4 atom stereocenters. The van der Waals surface area contributed by atoms with Crippen molar-refractivity contribution in [2.75, 3.05) is 0 Å². The molecule has 432 valence electrons. The number of carboxylic acid groups (broad SMARTS) is 1. The Morgan fingerprint density at radius 1 is 0.824 bits per heavy atom. The van der Waals surface area contributed by atoms with E-state index in [2.05, 4.69) is 97.5 Å². The van der Waals surface area contributed by atoms with E-state index in [-0.39, 0.29) is 102 Å². The Hall–Kier alpha value is -6.40. The number of aromatic nitrogens is 14. The number of carboxylic acids is 1. The van der Waals surface area contributed by atoms with Crippen molar-refractivity contribution in [3.8, 4) is 11.4 Å². The number of nitrogens with one attached hydrogen (secondary N) is 8. The number of non-ortho nitro benzene ring substituents is 1. The second kappa shape index (κ2) is 30.3. The SMILES string of the molecule is CCCCC1(CC)C(=O)NC12CCC1NC(=S)NC1C2.Cc1ccc2n[nH]nc2c1.O=C([O-])c1ccc(-n2[nH]nnc2=S)cc1.O=S(=O)([O-])c1cccc(-n2[nH]nnc2=S)c1.O=[N+]([O-])c1ccc2[nH]ncc2c1.S=c1[nH]c2ccccc2s1.[Na+].[Na+]. The molecule has 1 amide bonds. The van der Waals surface area contributed by atoms with Gasteiger partial charge in [0, 0.05) is 23.6 Å². The Balaban J connectivity index is 0.000000165. The minimum atomic E-state index is -4.48. The van der Waals surface area contributed by atoms with E-state index in [0.29, 0.717) is 23.5 Å². The molecule has 34 heteroatoms. The van der Waals surface area contributed by atoms with Gasteiger partial charge in [0.2, 0.25) is 15.4 Å². The van der Waals surface area contributed by atoms with E-state index >= 15 is 0 Å². The number of thiazole rings is 1. The number of carbonyl (C=O) groups excluding carboxylic acids is 2. The number of aryl methyl sites for hydroxylation is 1. The van der Waals surface area contributed by atoms with Crippen molar-refractivity contribution in [1.29, 1.82) is 0 Å². The van der Waals surface area contributed by atoms with Gasteiger partial charge in [0.1, 0.15) is 21.2 Å². The first-order valence-electron chi connectivity index (χ1n) is 25.4. The number of nitro benzene ring substituents is 1. The van der Waals surface area contributed by atoms with Gasteiger partial charge in [-0.1, -0.05) is 83.7 Å². The van der Waals surface area contributed by atoms with Crippen LogP contribution < -0.4 is 80.2 Å². The summed E-state index contributed by atoms with van der Waals surface area (Å²) in [5, 5.41) is 68.4. The fourth-order valence-corrected chi connectivity index (χ4v) is 12.0. The van der Waals surface area contributed by atoms with Gasteiger partial charge in [-0.15, -0.1) is 11.3 Å². The number of aromatic amines is 5. The van der Waals surface area contributed by atoms with E-state index in [9.17, 15) is 37.8 Å². The maximum absolute atomic E-state index is 12.3. The van der Waals surface area contributed by atoms with Crippen LogP contribution in [-0.4, -0.2) is 124 Å². The van der Waals surface area contributed by atoms with Gasteiger partial charge in [0.05, 0.1) is 66.1 Å². The summed E-state index contributed by atoms with van der Waals surface area (Å²) in [5.74, 6) is -0.937. The monoisotopic (exact) mass is 1280 g/mol. The molecule has 26 nitrogen and oxygen atoms in total. The van der Waals surface area contributed by atoms with Crippen LogP contribution in [0.15, 0.2) is 120 Å². The van der Waals surface area contributed by atoms with Crippen molar-refractivity contribution in [3.63, 3.8) is 0 Å². The zero-order valence-electron chi connectivity index (χ0n) is 46.3. The molecular weight excluding hydrogens is 1230 g/mol. The molecule has 8 N–H and O–H groups in total. The van der Waals surface area contributed by atoms with E-state index in [1.54, 1.807) is 41.8 Å². The topological polar surface area (TPSA) is 373 Å². The van der Waals surface area contributed by atoms with Crippen molar-refractivity contribution < 1.29 is 91.7 Å². The number of nitrogens with zero attached hydrogens (tertiary/aromatic N) is 10. The smallest absolute Gasteiger partial charge is 0.744 e. The summed E-state index contributed by atoms with van der Waals surface area (Å²) in [5.41, 5.74) is 6.11. The number of thiocarbonyl (C=S) groups is 1. The second-order valence-electron chi connectivity index (χ2n) is 19.0. The fourth-order valence-electron chi connectivity index (χ4n) is 9.74. The molecule has 1 aliphatic carbocycles. The average Bonchev–Trinajstić information content (AvgIpc) is 1.28. The third kappa shape index (κ3) is 16.6. The van der Waals surface area contributed by atoms with E-state index in [1.807, 2.05) is 43.3 Å². The van der Waals surface area contributed by atoms with Gasteiger partial charge in [0.25, 0.3) is 5.69 Å². The number of nitro groups is 1. The molecule has 2 saturated heterocycles. The van der Waals surface area contributed by atoms with Crippen LogP contribution in [0, 0.1) is 35.9 Å². The summed E-state index contributed by atoms with van der Waals surface area (Å²) in [4.78, 5) is 35.5. The summed E-state index contributed by atoms with van der Waals surface area (Å²) in [7, 11) is -4.48. The van der Waals surface area contributed by atoms with Crippen LogP contribution in [0.5, 0.6) is 0 Å². The van der Waals surface area contributed by atoms with Crippen molar-refractivity contribution in [2.45, 2.75) is 88.2 Å². The summed E-state index contributed by atoms with van der Waals surface area (Å²) < 4.78 is 37.6. The predicted octanol–water partition coefficient (Wildman–Crippen LogP) is 1.46. The number of hydrogen-bond acceptors (Lipinski definition) is 20. The number of rotatable bonds is 9. The predicted molar refractivity (Wildman–Crippen MR) is 317 cm³/mol. The molecule has 3 aliphatic rings. The molecule has 2 aliphatic heterocycles. The van der Waals surface area contributed by atoms with E-state index < -0.39 is 21.0 Å². The van der Waals surface area contributed by atoms with Crippen molar-refractivity contribution in [1.82, 2.24) is 87.0 Å². The summed E-state index contributed by atoms with van der Waals surface area (Å²) in [6, 6.07) is 30.9. The average molecular weight is 1280 g/mol. The van der Waals surface area contributed by atoms with Crippen LogP contribution in [0.1, 0.15) is 74.7 Å². The zero-order chi connectivity index (χ0) is 59.5. The number of carbonyl (C=O) groups is 2. The Labute approximate surface area is 553 Å². The standard InChI is InChI=1S/C15H25N3OS.C8H6N4O2S.C7H6N4O3S2.C7H5N3O2.C7H7N3.C7H5NS2.2Na/c1-3-5-7-14(4-2)12(19)18-15(14)8-6-10-11(9-15)17-13(20)16-10;13-7(14)5-1-3-6(4-2-5)12-8(15)9-10-11-12;12-16(13,14)6-3-1-2-5(4-6)11-7(15)8-9-10-11;11-10(12)6-1-2-7-5(3-6)4-8-9-7;1-5-2-3-6-7(4-5)9-10-8-6;9-7-8-5-3-1-2-4-6(5)10-7;;/h10-11H,3-9H2,1-2H3,(H,18,19)(H2,16,17,20);1-4H,(H,13,14)(H,9,11,15);1-4H,(H,8,10,15)(H,12,13,14);1-4H,(H,8,9);2-4H,1H3,(H,8,9,10);1-4H,(H,8,9);;/q;;;;;;2*+1/p-2. The molecule has 10 aromatic rings. The largest absolute Gasteiger partial charge is 1.00 e. The number of tetrazole rings is 2. The number of hydrogen-bond donors (Lipinski definition) is 8. The molecule has 0 bridgehead atoms. The third-order valence-electron chi connectivity index (χ3n) is 13.9. The number of H-pyrrole nitrogens is 5. The molecule has 13 rings (SSSR count). The first-order chi connectivity index (χ1) is 39.7. The number of amides is 1. The first-order valence-corrected chi connectivity index (χ1v) is 29.3. The molecule has 5 aromatic carbocycles. The van der Waals surface area contributed by atoms with Crippen molar-refractivity contribution in [3.05, 3.63) is 150 Å². The molecule has 85 heavy (non-hydrogen) atoms. The van der Waals surface area contributed by atoms with Gasteiger partial charge in [-0.05, 0) is 160 Å². The molecule has 7 heterocycles. The number of aromatic carboxylic acids is 1. The van der Waals surface area contributed by atoms with Gasteiger partial charge in [-0.2, -0.15) is 30.9 Å². The van der Waals surface area contributed by atoms with E-state index in [1.165, 1.54) is 62.1 Å². The van der Waals surface area contributed by atoms with Crippen molar-refractivity contribution in [2.24, 2.45) is 5.41 Å². The van der Waals surface area contributed by atoms with Gasteiger partial charge < -0.3 is 35.4 Å². The maximum atomic E-state index is 12.3. The van der Waals surface area contributed by atoms with Gasteiger partial charge in [-0.25, -0.2) is 17.8 Å². The third-order valence-corrected chi connectivity index (χ3v) is 16.7. The minimum absolute atomic E-state index is 0. The molecule has 5 aromatic heterocycles. The minimum Gasteiger partial charge on any atom is -0.744 e. The van der Waals surface area contributed by atoms with Gasteiger partial charge in [-0.3, -0.25) is 20.0 Å². The number of benzene rings is 5. The number of fused-ring (bicyclic) bond motifs is 4. The number of unbranched alkanes of at least 4 members (excludes halogenated alkanes) is 1. The van der Waals surface area contributed by atoms with Gasteiger partial charge in [0.15, 0.2) is 9.07 Å². The van der Waals surface area contributed by atoms with Gasteiger partial charge >= 0.3 is 59.1 Å². The van der Waals surface area contributed by atoms with Crippen molar-refractivity contribution >= 4 is 125 Å². The van der Waals surface area contributed by atoms with E-state index in [4.69, 9.17) is 48.9 Å². The molecule has 3 fully saturated rings. The maximum Gasteiger partial charge on any atom is 1.00 e. The van der Waals surface area contributed by atoms with E-state index in [0.717, 1.165) is 81.5 Å². The van der Waals surface area contributed by atoms with Crippen LogP contribution in [-0.2, 0) is 14.9 Å². The Bertz CT molecular complexity index is 4210. The summed E-state index contributed by atoms with van der Waals surface area (Å²) in [6.45, 7) is 6.41. The van der Waals surface area contributed by atoms with Crippen LogP contribution >= 0.6 is 60.2 Å². The Morgan fingerprint density at radius 2 is 1.51 bits per heavy atom. The van der Waals surface area contributed by atoms with Crippen LogP contribution in [0.3, 0.4) is 0 Å². The molecule has 0 radical (unpaired) electrons. The summed E-state index contributed by atoms with van der Waals surface area (Å²) >= 11 is 21.5. The molecular formula is C51H52N18Na2O8S6. The molecule has 1 spiro atoms. The Morgan fingerprint density at radius 3 is 2.13 bits per heavy atom. The Kier molecular flexibility index (Phi) is 24.1. The number of β-lactam (4-membered cyclic amide) rings is 1. The van der Waals surface area contributed by atoms with Crippen LogP contribution in [0.2, 0.25) is 0 Å². The fraction of sp³-hybridized carbons (Fsp3) is 0.275. The molecule has 4 unspecified atom stereocenters. The summed E-state index contributed by atoms with van der Waals surface area (Å²) in [6.07, 6.45) is 9.01. The normalized spacial score (nSPS) is 17.9. The zero-order valence-corrected chi connectivity index (χ0v) is 55.2. The number of para-hydroxylation sites is 1. The second-order valence-corrected chi connectivity index (χ2v) is 23.2. The first kappa shape index (κ1) is 67.7. The quantitative estimate of drug-likeness (QED) is 0.0253.